The van der Waals surface area contributed by atoms with Gasteiger partial charge in [0.1, 0.15) is 5.82 Å². The fraction of sp³-hybridized carbons (Fsp3) is 0.462. The second kappa shape index (κ2) is 7.83. The maximum Gasteiger partial charge on any atom is 0.248 e. The molecule has 6 heteroatoms. The number of carbonyl (C=O) groups is 1. The van der Waals surface area contributed by atoms with Gasteiger partial charge in [-0.3, -0.25) is 9.69 Å². The first-order valence-electron chi connectivity index (χ1n) is 5.99. The van der Waals surface area contributed by atoms with Gasteiger partial charge in [0.05, 0.1) is 13.2 Å². The first-order valence-corrected chi connectivity index (χ1v) is 5.99. The van der Waals surface area contributed by atoms with Crippen LogP contribution in [0.25, 0.3) is 0 Å². The second-order valence-electron chi connectivity index (χ2n) is 4.16. The third-order valence-electron chi connectivity index (χ3n) is 2.76. The molecule has 1 amide bonds. The molecular weight excluding hydrogens is 251 g/mol. The van der Waals surface area contributed by atoms with Crippen molar-refractivity contribution in [2.75, 3.05) is 33.4 Å². The van der Waals surface area contributed by atoms with E-state index in [2.05, 4.69) is 0 Å². The monoisotopic (exact) mass is 270 g/mol. The van der Waals surface area contributed by atoms with Gasteiger partial charge in [0.2, 0.25) is 5.91 Å². The van der Waals surface area contributed by atoms with Crippen molar-refractivity contribution in [1.29, 1.82) is 0 Å². The summed E-state index contributed by atoms with van der Waals surface area (Å²) in [5.41, 5.74) is 5.68. The number of hydrogen-bond donors (Lipinski definition) is 2. The molecule has 1 rings (SSSR count). The Bertz CT molecular complexity index is 426. The van der Waals surface area contributed by atoms with Crippen LogP contribution in [0.2, 0.25) is 0 Å². The lowest BCUT2D eigenvalue weighted by Crippen LogP contribution is -2.30. The Morgan fingerprint density at radius 2 is 2.21 bits per heavy atom. The number of aliphatic hydroxyl groups is 1. The SMILES string of the molecule is COCCN(CCO)Cc1ccc(C(N)=O)cc1F. The van der Waals surface area contributed by atoms with Gasteiger partial charge >= 0.3 is 0 Å². The summed E-state index contributed by atoms with van der Waals surface area (Å²) in [6, 6.07) is 4.16. The Hall–Kier alpha value is -1.50. The summed E-state index contributed by atoms with van der Waals surface area (Å²) in [6.45, 7) is 1.86. The van der Waals surface area contributed by atoms with Gasteiger partial charge in [0.25, 0.3) is 0 Å². The van der Waals surface area contributed by atoms with Crippen LogP contribution in [0.15, 0.2) is 18.2 Å². The van der Waals surface area contributed by atoms with Crippen LogP contribution in [0.3, 0.4) is 0 Å². The highest BCUT2D eigenvalue weighted by atomic mass is 19.1. The van der Waals surface area contributed by atoms with Gasteiger partial charge in [0.15, 0.2) is 0 Å². The van der Waals surface area contributed by atoms with Crippen molar-refractivity contribution in [3.63, 3.8) is 0 Å². The van der Waals surface area contributed by atoms with Crippen LogP contribution in [0.1, 0.15) is 15.9 Å². The molecule has 5 nitrogen and oxygen atoms in total. The molecule has 0 atom stereocenters. The predicted molar refractivity (Wildman–Crippen MR) is 69.2 cm³/mol. The van der Waals surface area contributed by atoms with Crippen molar-refractivity contribution in [3.8, 4) is 0 Å². The second-order valence-corrected chi connectivity index (χ2v) is 4.16. The van der Waals surface area contributed by atoms with Crippen molar-refractivity contribution in [3.05, 3.63) is 35.1 Å². The molecule has 1 aromatic carbocycles. The number of hydrogen-bond acceptors (Lipinski definition) is 4. The zero-order valence-electron chi connectivity index (χ0n) is 10.9. The number of nitrogens with two attached hydrogens (primary N) is 1. The van der Waals surface area contributed by atoms with E-state index in [4.69, 9.17) is 15.6 Å². The highest BCUT2D eigenvalue weighted by Crippen LogP contribution is 2.12. The number of halogens is 1. The molecule has 0 spiro atoms. The van der Waals surface area contributed by atoms with E-state index in [1.165, 1.54) is 12.1 Å². The largest absolute Gasteiger partial charge is 0.395 e. The molecular formula is C13H19FN2O3. The number of amides is 1. The molecule has 0 aromatic heterocycles. The van der Waals surface area contributed by atoms with Crippen LogP contribution in [-0.4, -0.2) is 49.3 Å². The number of ether oxygens (including phenoxy) is 1. The molecule has 0 aliphatic rings. The topological polar surface area (TPSA) is 75.8 Å². The maximum atomic E-state index is 13.8. The van der Waals surface area contributed by atoms with Gasteiger partial charge in [0, 0.05) is 37.9 Å². The Balaban J connectivity index is 2.75. The molecule has 0 heterocycles. The fourth-order valence-electron chi connectivity index (χ4n) is 1.70. The van der Waals surface area contributed by atoms with Crippen molar-refractivity contribution in [1.82, 2.24) is 4.90 Å². The summed E-state index contributed by atoms with van der Waals surface area (Å²) in [7, 11) is 1.58. The normalized spacial score (nSPS) is 10.9. The molecule has 3 N–H and O–H groups in total. The lowest BCUT2D eigenvalue weighted by atomic mass is 10.1. The van der Waals surface area contributed by atoms with Gasteiger partial charge < -0.3 is 15.6 Å². The molecule has 0 saturated carbocycles. The van der Waals surface area contributed by atoms with E-state index in [0.717, 1.165) is 6.07 Å². The van der Waals surface area contributed by atoms with Crippen LogP contribution >= 0.6 is 0 Å². The van der Waals surface area contributed by atoms with E-state index in [1.807, 2.05) is 4.90 Å². The van der Waals surface area contributed by atoms with Crippen molar-refractivity contribution in [2.45, 2.75) is 6.54 Å². The summed E-state index contributed by atoms with van der Waals surface area (Å²) in [6.07, 6.45) is 0. The standard InChI is InChI=1S/C13H19FN2O3/c1-19-7-5-16(4-6-17)9-11-3-2-10(13(15)18)8-12(11)14/h2-3,8,17H,4-7,9H2,1H3,(H2,15,18). The lowest BCUT2D eigenvalue weighted by Gasteiger charge is -2.21. The Morgan fingerprint density at radius 1 is 1.47 bits per heavy atom. The Labute approximate surface area is 111 Å². The highest BCUT2D eigenvalue weighted by Gasteiger charge is 2.11. The summed E-state index contributed by atoms with van der Waals surface area (Å²) in [5.74, 6) is -1.13. The molecule has 0 bridgehead atoms. The molecule has 0 aliphatic carbocycles. The van der Waals surface area contributed by atoms with Gasteiger partial charge in [-0.15, -0.1) is 0 Å². The number of nitrogens with zero attached hydrogens (tertiary/aromatic N) is 1. The number of rotatable bonds is 8. The molecule has 1 aromatic rings. The average molecular weight is 270 g/mol. The van der Waals surface area contributed by atoms with Crippen LogP contribution in [0.4, 0.5) is 4.39 Å². The zero-order chi connectivity index (χ0) is 14.3. The van der Waals surface area contributed by atoms with Crippen LogP contribution in [0.5, 0.6) is 0 Å². The lowest BCUT2D eigenvalue weighted by molar-refractivity contribution is 0.1000. The summed E-state index contributed by atoms with van der Waals surface area (Å²) < 4.78 is 18.8. The highest BCUT2D eigenvalue weighted by molar-refractivity contribution is 5.92. The van der Waals surface area contributed by atoms with Crippen molar-refractivity contribution < 1.29 is 19.0 Å². The number of methoxy groups -OCH3 is 1. The van der Waals surface area contributed by atoms with Crippen LogP contribution < -0.4 is 5.73 Å². The first kappa shape index (κ1) is 15.6. The molecule has 19 heavy (non-hydrogen) atoms. The van der Waals surface area contributed by atoms with Crippen LogP contribution in [0, 0.1) is 5.82 Å². The minimum absolute atomic E-state index is 0.00922. The molecule has 0 aliphatic heterocycles. The number of aliphatic hydroxyl groups excluding tert-OH is 1. The van der Waals surface area contributed by atoms with Gasteiger partial charge in [-0.2, -0.15) is 0 Å². The summed E-state index contributed by atoms with van der Waals surface area (Å²) in [5, 5.41) is 8.96. The third kappa shape index (κ3) is 4.94. The quantitative estimate of drug-likeness (QED) is 0.715. The Morgan fingerprint density at radius 3 is 2.74 bits per heavy atom. The molecule has 0 unspecified atom stereocenters. The van der Waals surface area contributed by atoms with E-state index in [0.29, 0.717) is 31.8 Å². The van der Waals surface area contributed by atoms with E-state index >= 15 is 0 Å². The number of primary amides is 1. The minimum atomic E-state index is -0.656. The molecule has 0 radical (unpaired) electrons. The predicted octanol–water partition coefficient (Wildman–Crippen LogP) is 0.365. The van der Waals surface area contributed by atoms with Gasteiger partial charge in [-0.1, -0.05) is 6.07 Å². The summed E-state index contributed by atoms with van der Waals surface area (Å²) >= 11 is 0. The number of benzene rings is 1. The first-order chi connectivity index (χ1) is 9.08. The molecule has 106 valence electrons. The fourth-order valence-corrected chi connectivity index (χ4v) is 1.70. The van der Waals surface area contributed by atoms with E-state index in [-0.39, 0.29) is 12.2 Å². The zero-order valence-corrected chi connectivity index (χ0v) is 10.9. The minimum Gasteiger partial charge on any atom is -0.395 e. The smallest absolute Gasteiger partial charge is 0.248 e. The Kier molecular flexibility index (Phi) is 6.41. The van der Waals surface area contributed by atoms with E-state index in [9.17, 15) is 9.18 Å². The summed E-state index contributed by atoms with van der Waals surface area (Å²) in [4.78, 5) is 12.8. The molecule has 0 fully saturated rings. The van der Waals surface area contributed by atoms with Gasteiger partial charge in [-0.05, 0) is 12.1 Å². The molecule has 0 saturated heterocycles. The van der Waals surface area contributed by atoms with Gasteiger partial charge in [-0.25, -0.2) is 4.39 Å². The van der Waals surface area contributed by atoms with Crippen molar-refractivity contribution >= 4 is 5.91 Å². The number of carbonyl (C=O) groups excluding carboxylic acids is 1. The average Bonchev–Trinajstić information content (AvgIpc) is 2.38. The van der Waals surface area contributed by atoms with E-state index in [1.54, 1.807) is 7.11 Å². The maximum absolute atomic E-state index is 13.8. The van der Waals surface area contributed by atoms with Crippen LogP contribution in [-0.2, 0) is 11.3 Å². The van der Waals surface area contributed by atoms with E-state index < -0.39 is 11.7 Å². The third-order valence-corrected chi connectivity index (χ3v) is 2.76. The van der Waals surface area contributed by atoms with Crippen molar-refractivity contribution in [2.24, 2.45) is 5.73 Å².